The Kier molecular flexibility index (Phi) is 8.42. The zero-order chi connectivity index (χ0) is 29.2. The molecule has 0 atom stereocenters. The Labute approximate surface area is 235 Å². The number of nitrogens with zero attached hydrogens (tertiary/aromatic N) is 3. The van der Waals surface area contributed by atoms with E-state index in [1.807, 2.05) is 13.8 Å². The molecule has 2 heterocycles. The highest BCUT2D eigenvalue weighted by atomic mass is 32.2. The quantitative estimate of drug-likeness (QED) is 0.158. The van der Waals surface area contributed by atoms with Crippen LogP contribution in [0.3, 0.4) is 0 Å². The number of hydroxylamine groups is 1. The molecule has 0 spiro atoms. The van der Waals surface area contributed by atoms with Gasteiger partial charge in [-0.1, -0.05) is 11.8 Å². The lowest BCUT2D eigenvalue weighted by molar-refractivity contribution is 0.0698. The molecule has 12 nitrogen and oxygen atoms in total. The molecule has 0 unspecified atom stereocenters. The van der Waals surface area contributed by atoms with Gasteiger partial charge in [-0.2, -0.15) is 0 Å². The maximum atomic E-state index is 14.3. The number of methoxy groups -OCH3 is 4. The Hall–Kier alpha value is -4.01. The third-order valence-corrected chi connectivity index (χ3v) is 9.04. The number of imidazole rings is 1. The standard InChI is InChI=1S/C26H28N4O8S2/c1-14-12-27-18(15(2)23(14)37-5)13-39-26-28-17-8-7-16(35-3)11-19(17)30(26)40(33,34)21-10-9-20(36-4)24(38-6)22(21)25(31)29-32/h7-12,32H,13H2,1-6H3,(H,29,31). The lowest BCUT2D eigenvalue weighted by Gasteiger charge is -2.17. The van der Waals surface area contributed by atoms with Crippen LogP contribution in [0.4, 0.5) is 0 Å². The summed E-state index contributed by atoms with van der Waals surface area (Å²) in [5.74, 6) is 0.203. The van der Waals surface area contributed by atoms with E-state index in [2.05, 4.69) is 9.97 Å². The number of nitrogens with one attached hydrogen (secondary N) is 1. The molecule has 2 aromatic heterocycles. The maximum Gasteiger partial charge on any atom is 0.279 e. The first kappa shape index (κ1) is 29.0. The Morgan fingerprint density at radius 2 is 1.75 bits per heavy atom. The van der Waals surface area contributed by atoms with E-state index >= 15 is 0 Å². The second kappa shape index (κ2) is 11.6. The monoisotopic (exact) mass is 588 g/mol. The van der Waals surface area contributed by atoms with Gasteiger partial charge in [-0.3, -0.25) is 15.0 Å². The van der Waals surface area contributed by atoms with E-state index < -0.39 is 26.4 Å². The summed E-state index contributed by atoms with van der Waals surface area (Å²) in [6.07, 6.45) is 1.69. The predicted molar refractivity (Wildman–Crippen MR) is 147 cm³/mol. The minimum absolute atomic E-state index is 0.0988. The summed E-state index contributed by atoms with van der Waals surface area (Å²) in [6.45, 7) is 3.76. The third kappa shape index (κ3) is 5.00. The molecule has 14 heteroatoms. The van der Waals surface area contributed by atoms with Gasteiger partial charge in [0.2, 0.25) is 0 Å². The molecule has 0 aliphatic rings. The van der Waals surface area contributed by atoms with Crippen molar-refractivity contribution in [1.82, 2.24) is 19.4 Å². The van der Waals surface area contributed by atoms with Crippen LogP contribution in [0.1, 0.15) is 27.2 Å². The van der Waals surface area contributed by atoms with Crippen molar-refractivity contribution in [2.24, 2.45) is 0 Å². The van der Waals surface area contributed by atoms with Gasteiger partial charge in [0.05, 0.1) is 45.2 Å². The molecule has 4 aromatic rings. The lowest BCUT2D eigenvalue weighted by atomic mass is 10.1. The number of thioether (sulfide) groups is 1. The highest BCUT2D eigenvalue weighted by Gasteiger charge is 2.33. The number of aryl methyl sites for hydroxylation is 1. The van der Waals surface area contributed by atoms with Gasteiger partial charge < -0.3 is 18.9 Å². The molecule has 0 aliphatic carbocycles. The predicted octanol–water partition coefficient (Wildman–Crippen LogP) is 3.73. The number of fused-ring (bicyclic) bond motifs is 1. The molecule has 4 rings (SSSR count). The van der Waals surface area contributed by atoms with Crippen LogP contribution in [0.25, 0.3) is 11.0 Å². The van der Waals surface area contributed by atoms with Crippen molar-refractivity contribution in [1.29, 1.82) is 0 Å². The molecule has 212 valence electrons. The minimum Gasteiger partial charge on any atom is -0.497 e. The zero-order valence-electron chi connectivity index (χ0n) is 22.6. The molecule has 2 aromatic carbocycles. The van der Waals surface area contributed by atoms with Gasteiger partial charge in [0.15, 0.2) is 16.7 Å². The normalized spacial score (nSPS) is 11.4. The second-order valence-corrected chi connectivity index (χ2v) is 11.2. The number of hydrogen-bond donors (Lipinski definition) is 2. The topological polar surface area (TPSA) is 151 Å². The Morgan fingerprint density at radius 3 is 2.38 bits per heavy atom. The molecular weight excluding hydrogens is 560 g/mol. The highest BCUT2D eigenvalue weighted by molar-refractivity contribution is 7.99. The van der Waals surface area contributed by atoms with Crippen molar-refractivity contribution < 1.29 is 37.4 Å². The highest BCUT2D eigenvalue weighted by Crippen LogP contribution is 2.39. The largest absolute Gasteiger partial charge is 0.497 e. The van der Waals surface area contributed by atoms with Crippen molar-refractivity contribution >= 4 is 38.7 Å². The van der Waals surface area contributed by atoms with E-state index in [9.17, 15) is 18.4 Å². The SMILES string of the molecule is COc1ccc2nc(SCc3ncc(C)c(OC)c3C)n(S(=O)(=O)c3ccc(OC)c(OC)c3C(=O)NO)c2c1. The average Bonchev–Trinajstić information content (AvgIpc) is 3.33. The molecule has 0 fully saturated rings. The first-order valence-electron chi connectivity index (χ1n) is 11.8. The minimum atomic E-state index is -4.53. The smallest absolute Gasteiger partial charge is 0.279 e. The Balaban J connectivity index is 1.95. The van der Waals surface area contributed by atoms with Crippen LogP contribution < -0.4 is 24.4 Å². The van der Waals surface area contributed by atoms with Crippen LogP contribution in [0.15, 0.2) is 46.6 Å². The van der Waals surface area contributed by atoms with Gasteiger partial charge >= 0.3 is 0 Å². The van der Waals surface area contributed by atoms with Crippen LogP contribution in [0.5, 0.6) is 23.0 Å². The maximum absolute atomic E-state index is 14.3. The molecule has 0 saturated carbocycles. The summed E-state index contributed by atoms with van der Waals surface area (Å²) >= 11 is 1.15. The summed E-state index contributed by atoms with van der Waals surface area (Å²) in [5, 5.41) is 9.56. The molecular formula is C26H28N4O8S2. The summed E-state index contributed by atoms with van der Waals surface area (Å²) in [4.78, 5) is 21.4. The van der Waals surface area contributed by atoms with E-state index in [0.29, 0.717) is 22.7 Å². The molecule has 40 heavy (non-hydrogen) atoms. The molecule has 0 saturated heterocycles. The number of aromatic nitrogens is 3. The first-order chi connectivity index (χ1) is 19.1. The van der Waals surface area contributed by atoms with E-state index in [-0.39, 0.29) is 27.9 Å². The average molecular weight is 589 g/mol. The van der Waals surface area contributed by atoms with Gasteiger partial charge in [0, 0.05) is 29.1 Å². The van der Waals surface area contributed by atoms with Crippen LogP contribution >= 0.6 is 11.8 Å². The van der Waals surface area contributed by atoms with Crippen LogP contribution in [-0.2, 0) is 15.8 Å². The van der Waals surface area contributed by atoms with Gasteiger partial charge in [-0.25, -0.2) is 22.9 Å². The molecule has 0 bridgehead atoms. The molecule has 2 N–H and O–H groups in total. The second-order valence-electron chi connectivity index (χ2n) is 8.47. The molecule has 1 amide bonds. The van der Waals surface area contributed by atoms with Gasteiger partial charge in [0.1, 0.15) is 22.0 Å². The van der Waals surface area contributed by atoms with Crippen molar-refractivity contribution in [3.05, 3.63) is 58.9 Å². The zero-order valence-corrected chi connectivity index (χ0v) is 24.3. The fourth-order valence-electron chi connectivity index (χ4n) is 4.30. The molecule has 0 aliphatic heterocycles. The van der Waals surface area contributed by atoms with Crippen molar-refractivity contribution in [2.45, 2.75) is 29.7 Å². The number of hydrogen-bond acceptors (Lipinski definition) is 11. The first-order valence-corrected chi connectivity index (χ1v) is 14.2. The van der Waals surface area contributed by atoms with Crippen molar-refractivity contribution in [3.63, 3.8) is 0 Å². The lowest BCUT2D eigenvalue weighted by Crippen LogP contribution is -2.25. The fourth-order valence-corrected chi connectivity index (χ4v) is 7.22. The van der Waals surface area contributed by atoms with Crippen molar-refractivity contribution in [2.75, 3.05) is 28.4 Å². The summed E-state index contributed by atoms with van der Waals surface area (Å²) in [5.41, 5.74) is 4.04. The molecule has 0 radical (unpaired) electrons. The number of rotatable bonds is 10. The fraction of sp³-hybridized carbons (Fsp3) is 0.269. The summed E-state index contributed by atoms with van der Waals surface area (Å²) in [7, 11) is 1.11. The van der Waals surface area contributed by atoms with Crippen LogP contribution in [-0.4, -0.2) is 61.9 Å². The van der Waals surface area contributed by atoms with Gasteiger partial charge in [0.25, 0.3) is 15.9 Å². The van der Waals surface area contributed by atoms with E-state index in [1.165, 1.54) is 45.0 Å². The van der Waals surface area contributed by atoms with Crippen molar-refractivity contribution in [3.8, 4) is 23.0 Å². The van der Waals surface area contributed by atoms with Crippen LogP contribution in [0.2, 0.25) is 0 Å². The summed E-state index contributed by atoms with van der Waals surface area (Å²) < 4.78 is 51.1. The van der Waals surface area contributed by atoms with E-state index in [1.54, 1.807) is 25.4 Å². The number of pyridine rings is 1. The number of carbonyl (C=O) groups is 1. The number of benzene rings is 2. The number of ether oxygens (including phenoxy) is 4. The Bertz CT molecular complexity index is 1700. The summed E-state index contributed by atoms with van der Waals surface area (Å²) in [6, 6.07) is 7.41. The number of amides is 1. The van der Waals surface area contributed by atoms with Crippen LogP contribution in [0, 0.1) is 13.8 Å². The number of carbonyl (C=O) groups excluding carboxylic acids is 1. The third-order valence-electron chi connectivity index (χ3n) is 6.23. The van der Waals surface area contributed by atoms with E-state index in [4.69, 9.17) is 18.9 Å². The van der Waals surface area contributed by atoms with E-state index in [0.717, 1.165) is 26.9 Å². The van der Waals surface area contributed by atoms with Gasteiger partial charge in [-0.05, 0) is 38.1 Å². The Morgan fingerprint density at radius 1 is 1.02 bits per heavy atom. The van der Waals surface area contributed by atoms with Gasteiger partial charge in [-0.15, -0.1) is 0 Å².